The summed E-state index contributed by atoms with van der Waals surface area (Å²) in [7, 11) is 0. The minimum Gasteiger partial charge on any atom is -0.398 e. The number of benzene rings is 1. The van der Waals surface area contributed by atoms with E-state index in [1.165, 1.54) is 0 Å². The third kappa shape index (κ3) is 1.19. The molecule has 1 aromatic rings. The van der Waals surface area contributed by atoms with Crippen LogP contribution in [-0.2, 0) is 0 Å². The smallest absolute Gasteiger partial charge is 0.151 e. The molecule has 11 heavy (non-hydrogen) atoms. The molecule has 0 atom stereocenters. The summed E-state index contributed by atoms with van der Waals surface area (Å²) in [6.07, 6.45) is 0.620. The average Bonchev–Trinajstić information content (AvgIpc) is 2.04. The number of rotatable bonds is 1. The molecular weight excluding hydrogens is 140 g/mol. The van der Waals surface area contributed by atoms with Crippen LogP contribution in [0.5, 0.6) is 0 Å². The third-order valence-corrected chi connectivity index (χ3v) is 1.37. The highest BCUT2D eigenvalue weighted by atomic mass is 16.1. The van der Waals surface area contributed by atoms with E-state index in [1.54, 1.807) is 18.2 Å². The van der Waals surface area contributed by atoms with E-state index < -0.39 is 0 Å². The summed E-state index contributed by atoms with van der Waals surface area (Å²) in [5.41, 5.74) is 6.36. The Hall–Kier alpha value is -1.82. The van der Waals surface area contributed by atoms with Crippen molar-refractivity contribution in [3.8, 4) is 6.07 Å². The number of anilines is 1. The number of aldehydes is 1. The summed E-state index contributed by atoms with van der Waals surface area (Å²) in [5, 5.41) is 8.54. The molecule has 54 valence electrons. The molecular formula is C8H6N2O. The van der Waals surface area contributed by atoms with Crippen LogP contribution in [0.4, 0.5) is 5.69 Å². The van der Waals surface area contributed by atoms with Gasteiger partial charge in [-0.3, -0.25) is 4.79 Å². The number of nitrogen functional groups attached to an aromatic ring is 1. The fourth-order valence-corrected chi connectivity index (χ4v) is 0.816. The van der Waals surface area contributed by atoms with Crippen molar-refractivity contribution < 1.29 is 4.79 Å². The topological polar surface area (TPSA) is 66.9 Å². The third-order valence-electron chi connectivity index (χ3n) is 1.37. The first-order valence-electron chi connectivity index (χ1n) is 3.03. The van der Waals surface area contributed by atoms with Crippen molar-refractivity contribution in [2.24, 2.45) is 0 Å². The summed E-state index contributed by atoms with van der Waals surface area (Å²) in [4.78, 5) is 10.3. The quantitative estimate of drug-likeness (QED) is 0.473. The highest BCUT2D eigenvalue weighted by molar-refractivity contribution is 5.82. The van der Waals surface area contributed by atoms with Gasteiger partial charge in [-0.05, 0) is 6.07 Å². The van der Waals surface area contributed by atoms with Crippen molar-refractivity contribution in [3.63, 3.8) is 0 Å². The van der Waals surface area contributed by atoms with Crippen LogP contribution in [0.2, 0.25) is 0 Å². The molecule has 1 rings (SSSR count). The second kappa shape index (κ2) is 2.84. The Morgan fingerprint density at radius 2 is 2.27 bits per heavy atom. The lowest BCUT2D eigenvalue weighted by Gasteiger charge is -1.97. The number of hydrogen-bond donors (Lipinski definition) is 1. The van der Waals surface area contributed by atoms with Gasteiger partial charge >= 0.3 is 0 Å². The predicted molar refractivity (Wildman–Crippen MR) is 41.0 cm³/mol. The van der Waals surface area contributed by atoms with E-state index in [9.17, 15) is 4.79 Å². The fourth-order valence-electron chi connectivity index (χ4n) is 0.816. The Bertz CT molecular complexity index is 325. The van der Waals surface area contributed by atoms with Gasteiger partial charge in [0.1, 0.15) is 6.07 Å². The number of hydrogen-bond acceptors (Lipinski definition) is 3. The van der Waals surface area contributed by atoms with Crippen molar-refractivity contribution >= 4 is 12.0 Å². The predicted octanol–water partition coefficient (Wildman–Crippen LogP) is 0.953. The molecule has 0 aliphatic heterocycles. The Labute approximate surface area is 64.1 Å². The number of carbonyl (C=O) groups is 1. The number of nitrogens with two attached hydrogens (primary N) is 1. The lowest BCUT2D eigenvalue weighted by molar-refractivity contribution is 0.112. The molecule has 0 radical (unpaired) electrons. The standard InChI is InChI=1S/C8H6N2O/c9-4-7-6(5-11)2-1-3-8(7)10/h1-3,5H,10H2. The first kappa shape index (κ1) is 7.29. The molecule has 0 aromatic heterocycles. The highest BCUT2D eigenvalue weighted by Gasteiger charge is 2.02. The molecule has 1 aromatic carbocycles. The van der Waals surface area contributed by atoms with Gasteiger partial charge in [0.15, 0.2) is 6.29 Å². The highest BCUT2D eigenvalue weighted by Crippen LogP contribution is 2.13. The molecule has 0 saturated carbocycles. The van der Waals surface area contributed by atoms with E-state index in [4.69, 9.17) is 11.0 Å². The fraction of sp³-hybridized carbons (Fsp3) is 0. The molecule has 0 heterocycles. The zero-order chi connectivity index (χ0) is 8.27. The van der Waals surface area contributed by atoms with E-state index in [-0.39, 0.29) is 5.56 Å². The molecule has 0 aliphatic carbocycles. The van der Waals surface area contributed by atoms with Crippen molar-refractivity contribution in [1.82, 2.24) is 0 Å². The van der Waals surface area contributed by atoms with Crippen LogP contribution in [0.15, 0.2) is 18.2 Å². The summed E-state index contributed by atoms with van der Waals surface area (Å²) in [6, 6.07) is 6.64. The van der Waals surface area contributed by atoms with Crippen LogP contribution in [0.25, 0.3) is 0 Å². The molecule has 0 saturated heterocycles. The number of carbonyl (C=O) groups excluding carboxylic acids is 1. The minimum atomic E-state index is 0.252. The van der Waals surface area contributed by atoms with Crippen molar-refractivity contribution in [1.29, 1.82) is 5.26 Å². The maximum absolute atomic E-state index is 10.3. The van der Waals surface area contributed by atoms with Crippen LogP contribution in [0, 0.1) is 11.3 Å². The van der Waals surface area contributed by atoms with E-state index in [0.29, 0.717) is 17.5 Å². The van der Waals surface area contributed by atoms with Gasteiger partial charge in [0, 0.05) is 5.56 Å². The van der Waals surface area contributed by atoms with Gasteiger partial charge in [0.05, 0.1) is 11.3 Å². The average molecular weight is 146 g/mol. The second-order valence-corrected chi connectivity index (χ2v) is 2.04. The lowest BCUT2D eigenvalue weighted by Crippen LogP contribution is -1.94. The SMILES string of the molecule is N#Cc1c(N)cccc1C=O. The molecule has 0 unspecified atom stereocenters. The molecule has 3 heteroatoms. The van der Waals surface area contributed by atoms with Crippen molar-refractivity contribution in [2.45, 2.75) is 0 Å². The van der Waals surface area contributed by atoms with Crippen molar-refractivity contribution in [2.75, 3.05) is 5.73 Å². The molecule has 0 aliphatic rings. The van der Waals surface area contributed by atoms with Gasteiger partial charge in [-0.1, -0.05) is 12.1 Å². The van der Waals surface area contributed by atoms with Gasteiger partial charge in [0.2, 0.25) is 0 Å². The molecule has 2 N–H and O–H groups in total. The Morgan fingerprint density at radius 3 is 2.73 bits per heavy atom. The first-order valence-corrected chi connectivity index (χ1v) is 3.03. The molecule has 0 bridgehead atoms. The summed E-state index contributed by atoms with van der Waals surface area (Å²) >= 11 is 0. The zero-order valence-corrected chi connectivity index (χ0v) is 5.74. The molecule has 3 nitrogen and oxygen atoms in total. The summed E-state index contributed by atoms with van der Waals surface area (Å²) in [6.45, 7) is 0. The van der Waals surface area contributed by atoms with Crippen LogP contribution in [-0.4, -0.2) is 6.29 Å². The largest absolute Gasteiger partial charge is 0.398 e. The number of nitriles is 1. The van der Waals surface area contributed by atoms with Gasteiger partial charge in [-0.2, -0.15) is 5.26 Å². The van der Waals surface area contributed by atoms with Gasteiger partial charge < -0.3 is 5.73 Å². The van der Waals surface area contributed by atoms with Crippen molar-refractivity contribution in [3.05, 3.63) is 29.3 Å². The van der Waals surface area contributed by atoms with Gasteiger partial charge in [-0.15, -0.1) is 0 Å². The minimum absolute atomic E-state index is 0.252. The maximum Gasteiger partial charge on any atom is 0.151 e. The van der Waals surface area contributed by atoms with Crippen LogP contribution < -0.4 is 5.73 Å². The molecule has 0 fully saturated rings. The van der Waals surface area contributed by atoms with Crippen LogP contribution in [0.3, 0.4) is 0 Å². The molecule has 0 amide bonds. The maximum atomic E-state index is 10.3. The van der Waals surface area contributed by atoms with Crippen LogP contribution in [0.1, 0.15) is 15.9 Å². The van der Waals surface area contributed by atoms with E-state index in [0.717, 1.165) is 0 Å². The summed E-state index contributed by atoms with van der Waals surface area (Å²) in [5.74, 6) is 0. The zero-order valence-electron chi connectivity index (χ0n) is 5.74. The lowest BCUT2D eigenvalue weighted by atomic mass is 10.1. The Kier molecular flexibility index (Phi) is 1.88. The summed E-state index contributed by atoms with van der Waals surface area (Å²) < 4.78 is 0. The monoisotopic (exact) mass is 146 g/mol. The molecule has 0 spiro atoms. The Balaban J connectivity index is 3.38. The normalized spacial score (nSPS) is 8.64. The second-order valence-electron chi connectivity index (χ2n) is 2.04. The van der Waals surface area contributed by atoms with Gasteiger partial charge in [0.25, 0.3) is 0 Å². The number of nitrogens with zero attached hydrogens (tertiary/aromatic N) is 1. The van der Waals surface area contributed by atoms with Gasteiger partial charge in [-0.25, -0.2) is 0 Å². The van der Waals surface area contributed by atoms with E-state index in [1.807, 2.05) is 6.07 Å². The van der Waals surface area contributed by atoms with E-state index >= 15 is 0 Å². The first-order chi connectivity index (χ1) is 5.29. The van der Waals surface area contributed by atoms with Crippen LogP contribution >= 0.6 is 0 Å². The Morgan fingerprint density at radius 1 is 1.55 bits per heavy atom. The van der Waals surface area contributed by atoms with E-state index in [2.05, 4.69) is 0 Å².